The van der Waals surface area contributed by atoms with Crippen LogP contribution in [0.2, 0.25) is 0 Å². The van der Waals surface area contributed by atoms with E-state index in [4.69, 9.17) is 0 Å². The number of benzene rings is 2. The maximum absolute atomic E-state index is 4.35. The van der Waals surface area contributed by atoms with Gasteiger partial charge in [-0.1, -0.05) is 40.2 Å². The zero-order valence-electron chi connectivity index (χ0n) is 9.68. The molecule has 1 heterocycles. The summed E-state index contributed by atoms with van der Waals surface area (Å²) in [6.07, 6.45) is 1.91. The standard InChI is InChI=1S/C14H12BrN3/c15-12-5-3-6-13(8-12)17-18-10-16-9-11-4-1-2-7-14(11)18/h1-9,17H,10H2. The predicted molar refractivity (Wildman–Crippen MR) is 79.1 cm³/mol. The summed E-state index contributed by atoms with van der Waals surface area (Å²) in [4.78, 5) is 4.35. The fraction of sp³-hybridized carbons (Fsp3) is 0.0714. The number of hydrogen-bond donors (Lipinski definition) is 1. The molecule has 0 aliphatic carbocycles. The Labute approximate surface area is 114 Å². The van der Waals surface area contributed by atoms with E-state index >= 15 is 0 Å². The van der Waals surface area contributed by atoms with Crippen molar-refractivity contribution in [2.45, 2.75) is 0 Å². The van der Waals surface area contributed by atoms with Gasteiger partial charge in [0.2, 0.25) is 0 Å². The van der Waals surface area contributed by atoms with E-state index in [9.17, 15) is 0 Å². The van der Waals surface area contributed by atoms with Gasteiger partial charge in [0.1, 0.15) is 6.67 Å². The summed E-state index contributed by atoms with van der Waals surface area (Å²) < 4.78 is 1.06. The third kappa shape index (κ3) is 2.24. The number of para-hydroxylation sites is 1. The second-order valence-electron chi connectivity index (χ2n) is 4.06. The van der Waals surface area contributed by atoms with Crippen LogP contribution in [-0.4, -0.2) is 12.9 Å². The Bertz CT molecular complexity index is 595. The molecule has 0 saturated carbocycles. The lowest BCUT2D eigenvalue weighted by Gasteiger charge is -2.28. The molecule has 3 rings (SSSR count). The molecule has 0 unspecified atom stereocenters. The zero-order valence-corrected chi connectivity index (χ0v) is 11.3. The van der Waals surface area contributed by atoms with E-state index in [0.29, 0.717) is 6.67 Å². The van der Waals surface area contributed by atoms with Crippen molar-refractivity contribution in [1.29, 1.82) is 0 Å². The number of anilines is 2. The minimum Gasteiger partial charge on any atom is -0.297 e. The van der Waals surface area contributed by atoms with Crippen LogP contribution in [0.25, 0.3) is 0 Å². The van der Waals surface area contributed by atoms with Crippen molar-refractivity contribution in [2.24, 2.45) is 4.99 Å². The first-order valence-electron chi connectivity index (χ1n) is 5.71. The zero-order chi connectivity index (χ0) is 12.4. The van der Waals surface area contributed by atoms with E-state index in [2.05, 4.69) is 38.5 Å². The highest BCUT2D eigenvalue weighted by molar-refractivity contribution is 9.10. The number of aliphatic imine (C=N–C) groups is 1. The summed E-state index contributed by atoms with van der Waals surface area (Å²) in [7, 11) is 0. The van der Waals surface area contributed by atoms with Crippen LogP contribution in [0.1, 0.15) is 5.56 Å². The van der Waals surface area contributed by atoms with Gasteiger partial charge in [0.15, 0.2) is 0 Å². The van der Waals surface area contributed by atoms with Crippen molar-refractivity contribution in [3.8, 4) is 0 Å². The number of halogens is 1. The van der Waals surface area contributed by atoms with Gasteiger partial charge >= 0.3 is 0 Å². The Hall–Kier alpha value is -1.81. The maximum Gasteiger partial charge on any atom is 0.129 e. The molecule has 0 amide bonds. The van der Waals surface area contributed by atoms with E-state index in [0.717, 1.165) is 21.4 Å². The van der Waals surface area contributed by atoms with Gasteiger partial charge in [-0.2, -0.15) is 0 Å². The van der Waals surface area contributed by atoms with Gasteiger partial charge in [-0.05, 0) is 24.3 Å². The number of hydrogen-bond acceptors (Lipinski definition) is 3. The molecule has 1 aliphatic heterocycles. The Kier molecular flexibility index (Phi) is 3.02. The molecule has 0 atom stereocenters. The molecule has 0 spiro atoms. The fourth-order valence-corrected chi connectivity index (χ4v) is 2.35. The van der Waals surface area contributed by atoms with Crippen molar-refractivity contribution in [2.75, 3.05) is 17.1 Å². The van der Waals surface area contributed by atoms with Crippen LogP contribution >= 0.6 is 15.9 Å². The summed E-state index contributed by atoms with van der Waals surface area (Å²) in [6, 6.07) is 16.3. The molecule has 1 aliphatic rings. The van der Waals surface area contributed by atoms with Gasteiger partial charge in [0, 0.05) is 16.3 Å². The number of nitrogens with zero attached hydrogens (tertiary/aromatic N) is 2. The molecule has 0 saturated heterocycles. The largest absolute Gasteiger partial charge is 0.297 e. The highest BCUT2D eigenvalue weighted by atomic mass is 79.9. The van der Waals surface area contributed by atoms with Crippen LogP contribution in [0.15, 0.2) is 58.0 Å². The molecular formula is C14H12BrN3. The third-order valence-electron chi connectivity index (χ3n) is 2.77. The average molecular weight is 302 g/mol. The Morgan fingerprint density at radius 2 is 2.00 bits per heavy atom. The van der Waals surface area contributed by atoms with Crippen molar-refractivity contribution < 1.29 is 0 Å². The molecule has 2 aromatic rings. The monoisotopic (exact) mass is 301 g/mol. The third-order valence-corrected chi connectivity index (χ3v) is 3.26. The van der Waals surface area contributed by atoms with Crippen LogP contribution in [-0.2, 0) is 0 Å². The Morgan fingerprint density at radius 3 is 2.89 bits per heavy atom. The molecule has 0 fully saturated rings. The Balaban J connectivity index is 1.88. The van der Waals surface area contributed by atoms with Gasteiger partial charge in [0.05, 0.1) is 11.4 Å². The lowest BCUT2D eigenvalue weighted by atomic mass is 10.2. The van der Waals surface area contributed by atoms with Crippen LogP contribution in [0, 0.1) is 0 Å². The summed E-state index contributed by atoms with van der Waals surface area (Å²) in [5.41, 5.74) is 6.68. The SMILES string of the molecule is Brc1cccc(NN2CN=Cc3ccccc32)c1. The maximum atomic E-state index is 4.35. The smallest absolute Gasteiger partial charge is 0.129 e. The first kappa shape index (κ1) is 11.3. The van der Waals surface area contributed by atoms with Crippen LogP contribution in [0.5, 0.6) is 0 Å². The molecule has 3 nitrogen and oxygen atoms in total. The van der Waals surface area contributed by atoms with Crippen molar-refractivity contribution in [3.63, 3.8) is 0 Å². The van der Waals surface area contributed by atoms with Crippen LogP contribution in [0.3, 0.4) is 0 Å². The van der Waals surface area contributed by atoms with Gasteiger partial charge in [0.25, 0.3) is 0 Å². The lowest BCUT2D eigenvalue weighted by Crippen LogP contribution is -2.32. The lowest BCUT2D eigenvalue weighted by molar-refractivity contribution is 0.907. The first-order chi connectivity index (χ1) is 8.83. The molecule has 90 valence electrons. The molecule has 2 aromatic carbocycles. The van der Waals surface area contributed by atoms with E-state index in [-0.39, 0.29) is 0 Å². The van der Waals surface area contributed by atoms with Crippen molar-refractivity contribution in [1.82, 2.24) is 0 Å². The van der Waals surface area contributed by atoms with E-state index in [1.165, 1.54) is 0 Å². The second-order valence-corrected chi connectivity index (χ2v) is 4.98. The quantitative estimate of drug-likeness (QED) is 0.916. The van der Waals surface area contributed by atoms with Crippen molar-refractivity contribution >= 4 is 33.5 Å². The number of fused-ring (bicyclic) bond motifs is 1. The number of nitrogens with one attached hydrogen (secondary N) is 1. The minimum atomic E-state index is 0.615. The summed E-state index contributed by atoms with van der Waals surface area (Å²) in [5, 5.41) is 2.04. The molecule has 1 N–H and O–H groups in total. The normalized spacial score (nSPS) is 13.3. The Morgan fingerprint density at radius 1 is 1.11 bits per heavy atom. The summed E-state index contributed by atoms with van der Waals surface area (Å²) >= 11 is 3.47. The molecule has 0 bridgehead atoms. The fourth-order valence-electron chi connectivity index (χ4n) is 1.95. The highest BCUT2D eigenvalue weighted by Gasteiger charge is 2.12. The molecular weight excluding hydrogens is 290 g/mol. The minimum absolute atomic E-state index is 0.615. The molecule has 18 heavy (non-hydrogen) atoms. The summed E-state index contributed by atoms with van der Waals surface area (Å²) in [6.45, 7) is 0.615. The van der Waals surface area contributed by atoms with Crippen molar-refractivity contribution in [3.05, 3.63) is 58.6 Å². The van der Waals surface area contributed by atoms with Gasteiger partial charge in [-0.3, -0.25) is 15.4 Å². The molecule has 4 heteroatoms. The van der Waals surface area contributed by atoms with E-state index in [1.54, 1.807) is 0 Å². The van der Waals surface area contributed by atoms with Gasteiger partial charge < -0.3 is 0 Å². The first-order valence-corrected chi connectivity index (χ1v) is 6.51. The van der Waals surface area contributed by atoms with E-state index < -0.39 is 0 Å². The van der Waals surface area contributed by atoms with E-state index in [1.807, 2.05) is 47.6 Å². The van der Waals surface area contributed by atoms with Gasteiger partial charge in [-0.25, -0.2) is 0 Å². The predicted octanol–water partition coefficient (Wildman–Crippen LogP) is 3.67. The number of hydrazine groups is 1. The highest BCUT2D eigenvalue weighted by Crippen LogP contribution is 2.24. The topological polar surface area (TPSA) is 27.6 Å². The summed E-state index contributed by atoms with van der Waals surface area (Å²) in [5.74, 6) is 0. The van der Waals surface area contributed by atoms with Gasteiger partial charge in [-0.15, -0.1) is 0 Å². The average Bonchev–Trinajstić information content (AvgIpc) is 2.39. The number of rotatable bonds is 2. The van der Waals surface area contributed by atoms with Crippen LogP contribution in [0.4, 0.5) is 11.4 Å². The second kappa shape index (κ2) is 4.82. The molecule has 0 aromatic heterocycles. The molecule has 0 radical (unpaired) electrons. The van der Waals surface area contributed by atoms with Crippen LogP contribution < -0.4 is 10.4 Å².